The maximum atomic E-state index is 12.8. The molecule has 0 spiro atoms. The van der Waals surface area contributed by atoms with E-state index in [1.54, 1.807) is 46.1 Å². The number of fused-ring (bicyclic) bond motifs is 1. The van der Waals surface area contributed by atoms with Crippen LogP contribution in [0.25, 0.3) is 33.4 Å². The molecule has 1 aromatic carbocycles. The number of aryl methyl sites for hydroxylation is 1. The average molecular weight is 597 g/mol. The predicted molar refractivity (Wildman–Crippen MR) is 170 cm³/mol. The molecule has 0 aliphatic carbocycles. The van der Waals surface area contributed by atoms with Gasteiger partial charge in [0, 0.05) is 28.2 Å². The van der Waals surface area contributed by atoms with Crippen molar-refractivity contribution >= 4 is 34.3 Å². The van der Waals surface area contributed by atoms with Gasteiger partial charge in [0.15, 0.2) is 17.4 Å². The van der Waals surface area contributed by atoms with Gasteiger partial charge in [-0.3, -0.25) is 0 Å². The van der Waals surface area contributed by atoms with Crippen LogP contribution in [0, 0.1) is 12.3 Å². The quantitative estimate of drug-likeness (QED) is 0.134. The number of benzene rings is 1. The lowest BCUT2D eigenvalue weighted by Gasteiger charge is -2.24. The van der Waals surface area contributed by atoms with E-state index >= 15 is 0 Å². The number of anilines is 2. The van der Waals surface area contributed by atoms with Crippen LogP contribution in [0.3, 0.4) is 0 Å². The summed E-state index contributed by atoms with van der Waals surface area (Å²) in [4.78, 5) is 29.6. The van der Waals surface area contributed by atoms with Gasteiger partial charge in [0.25, 0.3) is 0 Å². The Morgan fingerprint density at radius 3 is 2.61 bits per heavy atom. The summed E-state index contributed by atoms with van der Waals surface area (Å²) in [5.74, 6) is 1.21. The number of nitrogen functional groups attached to an aromatic ring is 2. The van der Waals surface area contributed by atoms with Crippen LogP contribution in [0.2, 0.25) is 0 Å². The Bertz CT molecular complexity index is 1840. The summed E-state index contributed by atoms with van der Waals surface area (Å²) < 4.78 is 17.3. The molecule has 1 atom stereocenters. The summed E-state index contributed by atoms with van der Waals surface area (Å²) in [6.07, 6.45) is 4.90. The first-order valence-electron chi connectivity index (χ1n) is 14.1. The number of alkyl carbamates (subject to hydrolysis) is 1. The SMILES string of the molecule is CC(=N)c1nc(-c2cc(OC[C@H](Cc3c[nH]c4ccccc34)NC(=O)OC(C)(C)C)c(N)nc2-c2ccoc2C)cnc1N. The van der Waals surface area contributed by atoms with Crippen molar-refractivity contribution in [2.24, 2.45) is 0 Å². The second-order valence-corrected chi connectivity index (χ2v) is 11.5. The van der Waals surface area contributed by atoms with Crippen molar-refractivity contribution < 1.29 is 18.7 Å². The van der Waals surface area contributed by atoms with Crippen LogP contribution in [0.5, 0.6) is 5.75 Å². The first-order valence-corrected chi connectivity index (χ1v) is 14.1. The zero-order valence-corrected chi connectivity index (χ0v) is 25.3. The van der Waals surface area contributed by atoms with Gasteiger partial charge in [-0.25, -0.2) is 19.7 Å². The van der Waals surface area contributed by atoms with Gasteiger partial charge < -0.3 is 41.1 Å². The first kappa shape index (κ1) is 30.1. The van der Waals surface area contributed by atoms with Crippen LogP contribution in [0.4, 0.5) is 16.4 Å². The fourth-order valence-corrected chi connectivity index (χ4v) is 4.84. The molecule has 44 heavy (non-hydrogen) atoms. The van der Waals surface area contributed by atoms with E-state index in [1.165, 1.54) is 6.20 Å². The van der Waals surface area contributed by atoms with E-state index in [-0.39, 0.29) is 35.4 Å². The molecule has 228 valence electrons. The van der Waals surface area contributed by atoms with E-state index in [9.17, 15) is 4.79 Å². The third-order valence-electron chi connectivity index (χ3n) is 6.86. The number of carbonyl (C=O) groups excluding carboxylic acids is 1. The highest BCUT2D eigenvalue weighted by atomic mass is 16.6. The van der Waals surface area contributed by atoms with E-state index in [0.717, 1.165) is 16.5 Å². The molecule has 0 aliphatic heterocycles. The molecule has 5 aromatic rings. The number of carbonyl (C=O) groups is 1. The van der Waals surface area contributed by atoms with E-state index in [4.69, 9.17) is 30.8 Å². The molecule has 12 heteroatoms. The Hall–Kier alpha value is -5.39. The molecule has 0 unspecified atom stereocenters. The van der Waals surface area contributed by atoms with Crippen molar-refractivity contribution in [2.45, 2.75) is 52.7 Å². The lowest BCUT2D eigenvalue weighted by Crippen LogP contribution is -2.43. The van der Waals surface area contributed by atoms with Crippen LogP contribution in [-0.2, 0) is 11.2 Å². The number of furan rings is 1. The van der Waals surface area contributed by atoms with Crippen molar-refractivity contribution in [3.63, 3.8) is 0 Å². The number of H-pyrrole nitrogens is 1. The first-order chi connectivity index (χ1) is 20.9. The molecule has 0 saturated heterocycles. The van der Waals surface area contributed by atoms with Crippen LogP contribution < -0.4 is 21.5 Å². The molecule has 0 aliphatic rings. The van der Waals surface area contributed by atoms with Gasteiger partial charge in [-0.1, -0.05) is 18.2 Å². The van der Waals surface area contributed by atoms with Crippen LogP contribution in [0.1, 0.15) is 44.7 Å². The van der Waals surface area contributed by atoms with E-state index < -0.39 is 17.7 Å². The Morgan fingerprint density at radius 1 is 1.14 bits per heavy atom. The molecule has 5 rings (SSSR count). The van der Waals surface area contributed by atoms with Crippen molar-refractivity contribution in [2.75, 3.05) is 18.1 Å². The second-order valence-electron chi connectivity index (χ2n) is 11.5. The van der Waals surface area contributed by atoms with Gasteiger partial charge in [-0.2, -0.15) is 0 Å². The highest BCUT2D eigenvalue weighted by molar-refractivity contribution is 5.99. The number of aromatic nitrogens is 4. The summed E-state index contributed by atoms with van der Waals surface area (Å²) in [6, 6.07) is 11.0. The summed E-state index contributed by atoms with van der Waals surface area (Å²) in [7, 11) is 0. The Balaban J connectivity index is 1.50. The number of nitrogens with two attached hydrogens (primary N) is 2. The number of aromatic amines is 1. The lowest BCUT2D eigenvalue weighted by atomic mass is 10.0. The van der Waals surface area contributed by atoms with E-state index in [1.807, 2.05) is 37.4 Å². The Morgan fingerprint density at radius 2 is 1.91 bits per heavy atom. The summed E-state index contributed by atoms with van der Waals surface area (Å²) in [5, 5.41) is 12.1. The second kappa shape index (κ2) is 12.1. The number of hydrogen-bond acceptors (Lipinski definition) is 10. The molecule has 0 saturated carbocycles. The third kappa shape index (κ3) is 6.64. The molecular weight excluding hydrogens is 560 g/mol. The minimum atomic E-state index is -0.672. The number of pyridine rings is 1. The molecule has 0 bridgehead atoms. The molecule has 7 N–H and O–H groups in total. The van der Waals surface area contributed by atoms with Gasteiger partial charge in [-0.15, -0.1) is 0 Å². The maximum absolute atomic E-state index is 12.8. The topological polar surface area (TPSA) is 191 Å². The summed E-state index contributed by atoms with van der Waals surface area (Å²) in [5.41, 5.74) is 16.4. The fraction of sp³-hybridized carbons (Fsp3) is 0.281. The standard InChI is InChI=1S/C32H36N8O4/c1-17(33)27-30(35)37-15-25(39-27)23-13-26(29(34)40-28(23)21-10-11-42-18(21)2)43-16-20(38-31(41)44-32(3,4)5)12-19-14-36-24-9-7-6-8-22(19)24/h6-11,13-15,20,33,36H,12,16H2,1-5H3,(H2,34,40)(H2,35,37)(H,38,41)/t20-/m0/s1. The van der Waals surface area contributed by atoms with Crippen LogP contribution >= 0.6 is 0 Å². The molecule has 4 heterocycles. The van der Waals surface area contributed by atoms with Gasteiger partial charge in [-0.05, 0) is 64.8 Å². The molecule has 0 radical (unpaired) electrons. The molecule has 1 amide bonds. The Kier molecular flexibility index (Phi) is 8.26. The minimum absolute atomic E-state index is 0.0619. The smallest absolute Gasteiger partial charge is 0.408 e. The lowest BCUT2D eigenvalue weighted by molar-refractivity contribution is 0.0488. The van der Waals surface area contributed by atoms with Gasteiger partial charge >= 0.3 is 6.09 Å². The van der Waals surface area contributed by atoms with Crippen molar-refractivity contribution in [3.8, 4) is 28.3 Å². The number of nitrogens with one attached hydrogen (secondary N) is 3. The fourth-order valence-electron chi connectivity index (χ4n) is 4.84. The highest BCUT2D eigenvalue weighted by Crippen LogP contribution is 2.37. The molecular formula is C32H36N8O4. The van der Waals surface area contributed by atoms with Crippen LogP contribution in [0.15, 0.2) is 59.5 Å². The molecule has 4 aromatic heterocycles. The third-order valence-corrected chi connectivity index (χ3v) is 6.86. The normalized spacial score (nSPS) is 12.2. The summed E-state index contributed by atoms with van der Waals surface area (Å²) >= 11 is 0. The monoisotopic (exact) mass is 596 g/mol. The zero-order chi connectivity index (χ0) is 31.6. The number of ether oxygens (including phenoxy) is 2. The maximum Gasteiger partial charge on any atom is 0.408 e. The highest BCUT2D eigenvalue weighted by Gasteiger charge is 2.24. The number of rotatable bonds is 9. The zero-order valence-electron chi connectivity index (χ0n) is 25.3. The van der Waals surface area contributed by atoms with Gasteiger partial charge in [0.1, 0.15) is 23.7 Å². The van der Waals surface area contributed by atoms with Crippen molar-refractivity contribution in [3.05, 3.63) is 72.1 Å². The van der Waals surface area contributed by atoms with Gasteiger partial charge in [0.2, 0.25) is 0 Å². The largest absolute Gasteiger partial charge is 0.488 e. The minimum Gasteiger partial charge on any atom is -0.488 e. The number of amides is 1. The molecule has 12 nitrogen and oxygen atoms in total. The van der Waals surface area contributed by atoms with Crippen LogP contribution in [-0.4, -0.2) is 50.0 Å². The van der Waals surface area contributed by atoms with Crippen molar-refractivity contribution in [1.82, 2.24) is 25.3 Å². The number of nitrogens with zero attached hydrogens (tertiary/aromatic N) is 3. The summed E-state index contributed by atoms with van der Waals surface area (Å²) in [6.45, 7) is 8.89. The number of para-hydroxylation sites is 1. The molecule has 0 fully saturated rings. The Labute approximate surface area is 254 Å². The van der Waals surface area contributed by atoms with Gasteiger partial charge in [0.05, 0.1) is 35.6 Å². The van der Waals surface area contributed by atoms with E-state index in [2.05, 4.69) is 25.3 Å². The van der Waals surface area contributed by atoms with Crippen molar-refractivity contribution in [1.29, 1.82) is 5.41 Å². The predicted octanol–water partition coefficient (Wildman–Crippen LogP) is 5.66. The van der Waals surface area contributed by atoms with E-state index in [0.29, 0.717) is 34.7 Å². The average Bonchev–Trinajstić information content (AvgIpc) is 3.57. The number of hydrogen-bond donors (Lipinski definition) is 5.